The van der Waals surface area contributed by atoms with Crippen LogP contribution in [0.15, 0.2) is 173 Å². The van der Waals surface area contributed by atoms with E-state index in [0.29, 0.717) is 0 Å². The van der Waals surface area contributed by atoms with Crippen molar-refractivity contribution in [3.63, 3.8) is 0 Å². The second-order valence-corrected chi connectivity index (χ2v) is 12.1. The number of hydrogen-bond donors (Lipinski definition) is 0. The van der Waals surface area contributed by atoms with Gasteiger partial charge in [-0.05, 0) is 94.0 Å². The Kier molecular flexibility index (Phi) is 5.57. The minimum Gasteiger partial charge on any atom is -0.456 e. The zero-order chi connectivity index (χ0) is 30.9. The predicted molar refractivity (Wildman–Crippen MR) is 196 cm³/mol. The summed E-state index contributed by atoms with van der Waals surface area (Å²) in [4.78, 5) is 2.32. The normalized spacial score (nSPS) is 11.8. The Balaban J connectivity index is 1.13. The molecule has 0 radical (unpaired) electrons. The lowest BCUT2D eigenvalue weighted by atomic mass is 9.94. The van der Waals surface area contributed by atoms with Crippen molar-refractivity contribution >= 4 is 82.5 Å². The topological polar surface area (TPSA) is 29.5 Å². The molecule has 0 N–H and O–H groups in total. The molecule has 2 heterocycles. The average molecular weight is 602 g/mol. The van der Waals surface area contributed by atoms with Crippen LogP contribution in [0.5, 0.6) is 0 Å². The second-order valence-electron chi connectivity index (χ2n) is 12.1. The number of fused-ring (bicyclic) bond motifs is 10. The van der Waals surface area contributed by atoms with Crippen LogP contribution in [0.4, 0.5) is 17.1 Å². The summed E-state index contributed by atoms with van der Waals surface area (Å²) >= 11 is 0. The van der Waals surface area contributed by atoms with Crippen molar-refractivity contribution in [2.75, 3.05) is 4.90 Å². The van der Waals surface area contributed by atoms with Crippen LogP contribution in [0.2, 0.25) is 0 Å². The van der Waals surface area contributed by atoms with Gasteiger partial charge in [-0.2, -0.15) is 0 Å². The van der Waals surface area contributed by atoms with Gasteiger partial charge in [0.25, 0.3) is 0 Å². The molecule has 0 unspecified atom stereocenters. The Morgan fingerprint density at radius 3 is 1.85 bits per heavy atom. The van der Waals surface area contributed by atoms with Gasteiger partial charge in [-0.25, -0.2) is 0 Å². The van der Waals surface area contributed by atoms with E-state index in [0.717, 1.165) is 61.1 Å². The van der Waals surface area contributed by atoms with Gasteiger partial charge in [0.2, 0.25) is 0 Å². The molecule has 0 atom stereocenters. The number of hydrogen-bond acceptors (Lipinski definition) is 3. The number of rotatable bonds is 4. The predicted octanol–water partition coefficient (Wildman–Crippen LogP) is 12.9. The molecule has 3 nitrogen and oxygen atoms in total. The lowest BCUT2D eigenvalue weighted by molar-refractivity contribution is 0.668. The van der Waals surface area contributed by atoms with Gasteiger partial charge in [-0.1, -0.05) is 97.1 Å². The highest BCUT2D eigenvalue weighted by molar-refractivity contribution is 6.26. The zero-order valence-electron chi connectivity index (χ0n) is 25.4. The lowest BCUT2D eigenvalue weighted by Gasteiger charge is -2.26. The molecule has 0 spiro atoms. The van der Waals surface area contributed by atoms with E-state index < -0.39 is 0 Å². The van der Waals surface area contributed by atoms with Crippen molar-refractivity contribution in [1.82, 2.24) is 0 Å². The second kappa shape index (κ2) is 10.1. The largest absolute Gasteiger partial charge is 0.456 e. The highest BCUT2D eigenvalue weighted by Crippen LogP contribution is 2.42. The molecule has 10 rings (SSSR count). The number of furan rings is 2. The minimum atomic E-state index is 0.890. The Labute approximate surface area is 270 Å². The number of anilines is 3. The standard InChI is InChI=1S/C44H27NO2/c1-2-10-32(11-3-1)45(34-21-24-41-38(27-34)36-13-4-6-15-39(36)46-41)33-12-8-9-29(26-33)30-19-22-35-31(25-30)18-17-28-20-23-42-44(43(28)35)37-14-5-7-16-40(37)47-42/h1-27H. The molecule has 2 aromatic heterocycles. The van der Waals surface area contributed by atoms with E-state index in [9.17, 15) is 0 Å². The highest BCUT2D eigenvalue weighted by Gasteiger charge is 2.17. The van der Waals surface area contributed by atoms with Crippen LogP contribution < -0.4 is 4.90 Å². The molecule has 0 saturated heterocycles. The van der Waals surface area contributed by atoms with Crippen LogP contribution >= 0.6 is 0 Å². The van der Waals surface area contributed by atoms with E-state index in [2.05, 4.69) is 144 Å². The molecule has 3 heteroatoms. The maximum atomic E-state index is 6.24. The Bertz CT molecular complexity index is 2810. The molecule has 0 aliphatic rings. The van der Waals surface area contributed by atoms with Gasteiger partial charge in [-0.15, -0.1) is 0 Å². The molecule has 220 valence electrons. The van der Waals surface area contributed by atoms with E-state index in [1.165, 1.54) is 32.5 Å². The fraction of sp³-hybridized carbons (Fsp3) is 0. The molecule has 47 heavy (non-hydrogen) atoms. The summed E-state index contributed by atoms with van der Waals surface area (Å²) < 4.78 is 12.4. The summed E-state index contributed by atoms with van der Waals surface area (Å²) in [6.45, 7) is 0. The Morgan fingerprint density at radius 1 is 0.319 bits per heavy atom. The van der Waals surface area contributed by atoms with Crippen LogP contribution in [0.3, 0.4) is 0 Å². The van der Waals surface area contributed by atoms with Crippen LogP contribution in [0, 0.1) is 0 Å². The van der Waals surface area contributed by atoms with Gasteiger partial charge < -0.3 is 13.7 Å². The Morgan fingerprint density at radius 2 is 0.957 bits per heavy atom. The number of para-hydroxylation sites is 3. The van der Waals surface area contributed by atoms with E-state index in [4.69, 9.17) is 8.83 Å². The molecule has 0 aliphatic carbocycles. The van der Waals surface area contributed by atoms with Crippen molar-refractivity contribution in [3.05, 3.63) is 164 Å². The van der Waals surface area contributed by atoms with Crippen molar-refractivity contribution < 1.29 is 8.83 Å². The van der Waals surface area contributed by atoms with Crippen molar-refractivity contribution in [1.29, 1.82) is 0 Å². The first-order chi connectivity index (χ1) is 23.3. The average Bonchev–Trinajstić information content (AvgIpc) is 3.70. The van der Waals surface area contributed by atoms with Gasteiger partial charge in [0.15, 0.2) is 0 Å². The van der Waals surface area contributed by atoms with Crippen LogP contribution in [-0.4, -0.2) is 0 Å². The first-order valence-electron chi connectivity index (χ1n) is 15.9. The maximum Gasteiger partial charge on any atom is 0.136 e. The fourth-order valence-corrected chi connectivity index (χ4v) is 7.25. The summed E-state index contributed by atoms with van der Waals surface area (Å²) in [5, 5.41) is 9.45. The fourth-order valence-electron chi connectivity index (χ4n) is 7.25. The maximum absolute atomic E-state index is 6.24. The van der Waals surface area contributed by atoms with Crippen molar-refractivity contribution in [3.8, 4) is 11.1 Å². The van der Waals surface area contributed by atoms with Gasteiger partial charge in [0.1, 0.15) is 22.3 Å². The van der Waals surface area contributed by atoms with Crippen molar-refractivity contribution in [2.45, 2.75) is 0 Å². The molecule has 10 aromatic rings. The summed E-state index contributed by atoms with van der Waals surface area (Å²) in [6.07, 6.45) is 0. The number of nitrogens with zero attached hydrogens (tertiary/aromatic N) is 1. The minimum absolute atomic E-state index is 0.890. The molecule has 0 bridgehead atoms. The zero-order valence-corrected chi connectivity index (χ0v) is 25.4. The summed E-state index contributed by atoms with van der Waals surface area (Å²) in [5.41, 5.74) is 9.23. The first kappa shape index (κ1) is 26.0. The molecule has 0 amide bonds. The third-order valence-electron chi connectivity index (χ3n) is 9.41. The monoisotopic (exact) mass is 601 g/mol. The quantitative estimate of drug-likeness (QED) is 0.188. The first-order valence-corrected chi connectivity index (χ1v) is 15.9. The third-order valence-corrected chi connectivity index (χ3v) is 9.41. The summed E-state index contributed by atoms with van der Waals surface area (Å²) in [5.74, 6) is 0. The van der Waals surface area contributed by atoms with Crippen LogP contribution in [0.1, 0.15) is 0 Å². The molecule has 0 fully saturated rings. The van der Waals surface area contributed by atoms with Crippen LogP contribution in [0.25, 0.3) is 76.5 Å². The van der Waals surface area contributed by atoms with Gasteiger partial charge in [0, 0.05) is 44.0 Å². The summed E-state index contributed by atoms with van der Waals surface area (Å²) in [7, 11) is 0. The molecule has 0 aliphatic heterocycles. The van der Waals surface area contributed by atoms with Gasteiger partial charge in [0.05, 0.1) is 0 Å². The smallest absolute Gasteiger partial charge is 0.136 e. The van der Waals surface area contributed by atoms with E-state index in [1.54, 1.807) is 0 Å². The van der Waals surface area contributed by atoms with E-state index in [-0.39, 0.29) is 0 Å². The SMILES string of the molecule is c1ccc(N(c2cccc(-c3ccc4c(ccc5ccc6oc7ccccc7c6c54)c3)c2)c2ccc3oc4ccccc4c3c2)cc1. The molecular formula is C44H27NO2. The highest BCUT2D eigenvalue weighted by atomic mass is 16.3. The number of benzene rings is 8. The molecule has 8 aromatic carbocycles. The van der Waals surface area contributed by atoms with E-state index >= 15 is 0 Å². The molecular weight excluding hydrogens is 574 g/mol. The third kappa shape index (κ3) is 4.07. The lowest BCUT2D eigenvalue weighted by Crippen LogP contribution is -2.09. The summed E-state index contributed by atoms with van der Waals surface area (Å²) in [6, 6.07) is 57.9. The Hall–Kier alpha value is -6.32. The van der Waals surface area contributed by atoms with Gasteiger partial charge in [-0.3, -0.25) is 0 Å². The van der Waals surface area contributed by atoms with Crippen molar-refractivity contribution in [2.24, 2.45) is 0 Å². The molecule has 0 saturated carbocycles. The van der Waals surface area contributed by atoms with Crippen LogP contribution in [-0.2, 0) is 0 Å². The van der Waals surface area contributed by atoms with Gasteiger partial charge >= 0.3 is 0 Å². The van der Waals surface area contributed by atoms with E-state index in [1.807, 2.05) is 24.3 Å².